The number of carbonyl (C=O) groups is 1. The van der Waals surface area contributed by atoms with Gasteiger partial charge in [0.05, 0.1) is 12.7 Å². The highest BCUT2D eigenvalue weighted by Gasteiger charge is 2.08. The molecule has 2 N–H and O–H groups in total. The van der Waals surface area contributed by atoms with Crippen molar-refractivity contribution in [3.05, 3.63) is 34.9 Å². The first-order valence-electron chi connectivity index (χ1n) is 4.51. The second-order valence-electron chi connectivity index (χ2n) is 3.13. The van der Waals surface area contributed by atoms with Gasteiger partial charge in [0, 0.05) is 12.6 Å². The Bertz CT molecular complexity index is 411. The number of nitrogens with two attached hydrogens (primary N) is 1. The standard InChI is InChI=1S/C11H14N2O2/c1-7-6-8(11(14)15-3)4-5-9(7)10(12)13-2/h4-6H,1-3H3,(H2,12,13). The number of nitrogens with zero attached hydrogens (tertiary/aromatic N) is 1. The average Bonchev–Trinajstić information content (AvgIpc) is 2.26. The molecule has 0 aliphatic carbocycles. The van der Waals surface area contributed by atoms with Crippen LogP contribution in [-0.2, 0) is 4.74 Å². The van der Waals surface area contributed by atoms with Crippen molar-refractivity contribution in [2.24, 2.45) is 10.7 Å². The first-order chi connectivity index (χ1) is 7.10. The third-order valence-corrected chi connectivity index (χ3v) is 2.16. The van der Waals surface area contributed by atoms with Gasteiger partial charge in [0.1, 0.15) is 5.84 Å². The first-order valence-corrected chi connectivity index (χ1v) is 4.51. The van der Waals surface area contributed by atoms with Gasteiger partial charge < -0.3 is 10.5 Å². The van der Waals surface area contributed by atoms with Crippen LogP contribution in [0.15, 0.2) is 23.2 Å². The summed E-state index contributed by atoms with van der Waals surface area (Å²) in [5, 5.41) is 0. The molecule has 0 fully saturated rings. The van der Waals surface area contributed by atoms with Gasteiger partial charge in [-0.25, -0.2) is 4.79 Å². The molecule has 0 spiro atoms. The molecule has 0 bridgehead atoms. The highest BCUT2D eigenvalue weighted by Crippen LogP contribution is 2.11. The van der Waals surface area contributed by atoms with E-state index in [2.05, 4.69) is 9.73 Å². The van der Waals surface area contributed by atoms with Crippen molar-refractivity contribution in [2.75, 3.05) is 14.2 Å². The molecule has 15 heavy (non-hydrogen) atoms. The maximum Gasteiger partial charge on any atom is 0.337 e. The fraction of sp³-hybridized carbons (Fsp3) is 0.273. The van der Waals surface area contributed by atoms with Crippen molar-refractivity contribution < 1.29 is 9.53 Å². The highest BCUT2D eigenvalue weighted by molar-refractivity contribution is 6.00. The zero-order valence-electron chi connectivity index (χ0n) is 9.07. The van der Waals surface area contributed by atoms with Crippen molar-refractivity contribution in [1.29, 1.82) is 0 Å². The molecular formula is C11H14N2O2. The van der Waals surface area contributed by atoms with Gasteiger partial charge in [-0.15, -0.1) is 0 Å². The van der Waals surface area contributed by atoms with Crippen molar-refractivity contribution in [3.63, 3.8) is 0 Å². The number of aliphatic imine (C=N–C) groups is 1. The Kier molecular flexibility index (Phi) is 3.44. The minimum Gasteiger partial charge on any atom is -0.465 e. The molecule has 0 atom stereocenters. The van der Waals surface area contributed by atoms with Crippen LogP contribution in [0.4, 0.5) is 0 Å². The normalized spacial score (nSPS) is 11.3. The summed E-state index contributed by atoms with van der Waals surface area (Å²) in [5.74, 6) is 0.112. The Labute approximate surface area is 88.8 Å². The topological polar surface area (TPSA) is 64.7 Å². The van der Waals surface area contributed by atoms with Crippen molar-refractivity contribution >= 4 is 11.8 Å². The summed E-state index contributed by atoms with van der Waals surface area (Å²) in [6, 6.07) is 5.18. The van der Waals surface area contributed by atoms with Crippen LogP contribution in [0.2, 0.25) is 0 Å². The lowest BCUT2D eigenvalue weighted by atomic mass is 10.0. The number of esters is 1. The maximum absolute atomic E-state index is 11.2. The van der Waals surface area contributed by atoms with E-state index >= 15 is 0 Å². The smallest absolute Gasteiger partial charge is 0.337 e. The monoisotopic (exact) mass is 206 g/mol. The van der Waals surface area contributed by atoms with Gasteiger partial charge in [0.2, 0.25) is 0 Å². The van der Waals surface area contributed by atoms with E-state index in [4.69, 9.17) is 5.73 Å². The molecule has 0 heterocycles. The molecule has 0 amide bonds. The van der Waals surface area contributed by atoms with E-state index in [0.29, 0.717) is 11.4 Å². The molecule has 0 radical (unpaired) electrons. The Hall–Kier alpha value is -1.84. The summed E-state index contributed by atoms with van der Waals surface area (Å²) in [4.78, 5) is 15.1. The van der Waals surface area contributed by atoms with Gasteiger partial charge in [-0.2, -0.15) is 0 Å². The Morgan fingerprint density at radius 1 is 1.47 bits per heavy atom. The third-order valence-electron chi connectivity index (χ3n) is 2.16. The molecule has 0 aliphatic heterocycles. The van der Waals surface area contributed by atoms with Crippen LogP contribution in [0, 0.1) is 6.92 Å². The van der Waals surface area contributed by atoms with E-state index in [-0.39, 0.29) is 5.97 Å². The number of rotatable bonds is 2. The Balaban J connectivity index is 3.14. The lowest BCUT2D eigenvalue weighted by Crippen LogP contribution is -2.15. The summed E-state index contributed by atoms with van der Waals surface area (Å²) in [6.45, 7) is 1.87. The summed E-state index contributed by atoms with van der Waals surface area (Å²) in [6.07, 6.45) is 0. The largest absolute Gasteiger partial charge is 0.465 e. The number of aryl methyl sites for hydroxylation is 1. The van der Waals surface area contributed by atoms with Crippen LogP contribution in [0.25, 0.3) is 0 Å². The molecule has 80 valence electrons. The summed E-state index contributed by atoms with van der Waals surface area (Å²) in [7, 11) is 2.98. The molecule has 1 aromatic rings. The first kappa shape index (κ1) is 11.2. The van der Waals surface area contributed by atoms with Gasteiger partial charge in [-0.05, 0) is 24.6 Å². The molecule has 1 rings (SSSR count). The Morgan fingerprint density at radius 2 is 2.13 bits per heavy atom. The maximum atomic E-state index is 11.2. The number of benzene rings is 1. The summed E-state index contributed by atoms with van der Waals surface area (Å²) >= 11 is 0. The van der Waals surface area contributed by atoms with E-state index < -0.39 is 0 Å². The SMILES string of the molecule is CN=C(N)c1ccc(C(=O)OC)cc1C. The molecule has 0 saturated carbocycles. The van der Waals surface area contributed by atoms with E-state index in [1.807, 2.05) is 6.92 Å². The fourth-order valence-corrected chi connectivity index (χ4v) is 1.32. The number of amidine groups is 1. The van der Waals surface area contributed by atoms with Gasteiger partial charge in [0.25, 0.3) is 0 Å². The lowest BCUT2D eigenvalue weighted by molar-refractivity contribution is 0.0600. The zero-order valence-corrected chi connectivity index (χ0v) is 9.07. The minimum atomic E-state index is -0.350. The quantitative estimate of drug-likeness (QED) is 0.448. The van der Waals surface area contributed by atoms with Gasteiger partial charge >= 0.3 is 5.97 Å². The molecule has 1 aromatic carbocycles. The Morgan fingerprint density at radius 3 is 2.60 bits per heavy atom. The van der Waals surface area contributed by atoms with Gasteiger partial charge in [-0.3, -0.25) is 4.99 Å². The van der Waals surface area contributed by atoms with E-state index in [1.165, 1.54) is 7.11 Å². The van der Waals surface area contributed by atoms with Crippen molar-refractivity contribution in [2.45, 2.75) is 6.92 Å². The van der Waals surface area contributed by atoms with Crippen LogP contribution in [0.1, 0.15) is 21.5 Å². The van der Waals surface area contributed by atoms with Crippen LogP contribution in [-0.4, -0.2) is 26.0 Å². The van der Waals surface area contributed by atoms with E-state index in [0.717, 1.165) is 11.1 Å². The fourth-order valence-electron chi connectivity index (χ4n) is 1.32. The average molecular weight is 206 g/mol. The van der Waals surface area contributed by atoms with Crippen molar-refractivity contribution in [3.8, 4) is 0 Å². The highest BCUT2D eigenvalue weighted by atomic mass is 16.5. The summed E-state index contributed by atoms with van der Waals surface area (Å²) < 4.78 is 4.62. The third kappa shape index (κ3) is 2.34. The zero-order chi connectivity index (χ0) is 11.4. The molecule has 4 nitrogen and oxygen atoms in total. The molecular weight excluding hydrogens is 192 g/mol. The minimum absolute atomic E-state index is 0.350. The molecule has 0 saturated heterocycles. The second kappa shape index (κ2) is 4.59. The molecule has 0 unspecified atom stereocenters. The number of methoxy groups -OCH3 is 1. The van der Waals surface area contributed by atoms with Crippen LogP contribution in [0.5, 0.6) is 0 Å². The molecule has 4 heteroatoms. The van der Waals surface area contributed by atoms with E-state index in [1.54, 1.807) is 25.2 Å². The molecule has 0 aliphatic rings. The summed E-state index contributed by atoms with van der Waals surface area (Å²) in [5.41, 5.74) is 7.95. The number of ether oxygens (including phenoxy) is 1. The molecule has 0 aromatic heterocycles. The number of hydrogen-bond donors (Lipinski definition) is 1. The van der Waals surface area contributed by atoms with Crippen molar-refractivity contribution in [1.82, 2.24) is 0 Å². The lowest BCUT2D eigenvalue weighted by Gasteiger charge is -2.06. The predicted molar refractivity (Wildman–Crippen MR) is 59.2 cm³/mol. The van der Waals surface area contributed by atoms with Crippen LogP contribution < -0.4 is 5.73 Å². The van der Waals surface area contributed by atoms with Gasteiger partial charge in [-0.1, -0.05) is 6.07 Å². The van der Waals surface area contributed by atoms with E-state index in [9.17, 15) is 4.79 Å². The number of hydrogen-bond acceptors (Lipinski definition) is 3. The predicted octanol–water partition coefficient (Wildman–Crippen LogP) is 1.12. The van der Waals surface area contributed by atoms with Gasteiger partial charge in [0.15, 0.2) is 0 Å². The number of carbonyl (C=O) groups excluding carboxylic acids is 1. The van der Waals surface area contributed by atoms with Crippen LogP contribution in [0.3, 0.4) is 0 Å². The second-order valence-corrected chi connectivity index (χ2v) is 3.13. The van der Waals surface area contributed by atoms with Crippen LogP contribution >= 0.6 is 0 Å².